The summed E-state index contributed by atoms with van der Waals surface area (Å²) < 4.78 is 6.13. The van der Waals surface area contributed by atoms with Crippen LogP contribution in [-0.2, 0) is 11.2 Å². The smallest absolute Gasteiger partial charge is 0.237 e. The number of aryl methyl sites for hydroxylation is 1. The minimum atomic E-state index is -0.429. The molecule has 0 radical (unpaired) electrons. The van der Waals surface area contributed by atoms with Gasteiger partial charge < -0.3 is 14.7 Å². The first-order valence-corrected chi connectivity index (χ1v) is 11.8. The van der Waals surface area contributed by atoms with E-state index in [4.69, 9.17) is 4.74 Å². The predicted octanol–water partition coefficient (Wildman–Crippen LogP) is 3.65. The Balaban J connectivity index is 1.47. The number of thiophene rings is 1. The van der Waals surface area contributed by atoms with Crippen LogP contribution in [-0.4, -0.2) is 59.7 Å². The highest BCUT2D eigenvalue weighted by Crippen LogP contribution is 2.34. The average molecular weight is 429 g/mol. The summed E-state index contributed by atoms with van der Waals surface area (Å²) in [5.74, 6) is 1.65. The normalized spacial score (nSPS) is 19.6. The first-order valence-electron chi connectivity index (χ1n) is 10.9. The molecule has 2 unspecified atom stereocenters. The Bertz CT molecular complexity index is 858. The lowest BCUT2D eigenvalue weighted by Crippen LogP contribution is -2.48. The van der Waals surface area contributed by atoms with Crippen LogP contribution in [0.4, 0.5) is 0 Å². The maximum Gasteiger partial charge on any atom is 0.237 e. The minimum Gasteiger partial charge on any atom is -0.491 e. The second-order valence-corrected chi connectivity index (χ2v) is 9.77. The molecule has 2 aromatic rings. The van der Waals surface area contributed by atoms with Crippen LogP contribution in [0, 0.1) is 12.8 Å². The van der Waals surface area contributed by atoms with E-state index in [1.807, 2.05) is 23.1 Å². The highest BCUT2D eigenvalue weighted by molar-refractivity contribution is 7.10. The molecule has 1 saturated carbocycles. The zero-order chi connectivity index (χ0) is 21.1. The van der Waals surface area contributed by atoms with E-state index in [2.05, 4.69) is 29.3 Å². The van der Waals surface area contributed by atoms with Crippen molar-refractivity contribution in [3.8, 4) is 5.75 Å². The molecule has 1 amide bonds. The summed E-state index contributed by atoms with van der Waals surface area (Å²) in [5, 5.41) is 12.0. The predicted molar refractivity (Wildman–Crippen MR) is 120 cm³/mol. The summed E-state index contributed by atoms with van der Waals surface area (Å²) in [6, 6.07) is 10.1. The van der Waals surface area contributed by atoms with E-state index in [9.17, 15) is 9.90 Å². The van der Waals surface area contributed by atoms with Crippen molar-refractivity contribution in [2.24, 2.45) is 5.92 Å². The van der Waals surface area contributed by atoms with Crippen LogP contribution in [0.3, 0.4) is 0 Å². The first kappa shape index (κ1) is 21.3. The fourth-order valence-electron chi connectivity index (χ4n) is 4.28. The number of hydrogen-bond acceptors (Lipinski definition) is 5. The van der Waals surface area contributed by atoms with E-state index >= 15 is 0 Å². The Morgan fingerprint density at radius 3 is 2.93 bits per heavy atom. The first-order chi connectivity index (χ1) is 14.5. The molecule has 1 aromatic carbocycles. The number of aliphatic hydroxyl groups excluding tert-OH is 1. The third kappa shape index (κ3) is 5.42. The van der Waals surface area contributed by atoms with Gasteiger partial charge in [-0.15, -0.1) is 11.3 Å². The second kappa shape index (κ2) is 9.50. The molecule has 1 aliphatic heterocycles. The van der Waals surface area contributed by atoms with Crippen molar-refractivity contribution in [1.82, 2.24) is 9.80 Å². The summed E-state index contributed by atoms with van der Waals surface area (Å²) in [6.07, 6.45) is 2.94. The third-order valence-electron chi connectivity index (χ3n) is 5.91. The maximum atomic E-state index is 13.3. The number of carbonyl (C=O) groups excluding carboxylic acids is 1. The largest absolute Gasteiger partial charge is 0.491 e. The number of benzene rings is 1. The molecule has 5 nitrogen and oxygen atoms in total. The lowest BCUT2D eigenvalue weighted by Gasteiger charge is -2.37. The van der Waals surface area contributed by atoms with Crippen molar-refractivity contribution in [2.75, 3.05) is 32.8 Å². The Kier molecular flexibility index (Phi) is 6.76. The number of fused-ring (bicyclic) bond motifs is 1. The quantitative estimate of drug-likeness (QED) is 0.662. The Morgan fingerprint density at radius 2 is 2.20 bits per heavy atom. The zero-order valence-electron chi connectivity index (χ0n) is 17.9. The van der Waals surface area contributed by atoms with Crippen LogP contribution in [0.15, 0.2) is 35.7 Å². The number of ether oxygens (including phenoxy) is 1. The lowest BCUT2D eigenvalue weighted by atomic mass is 10.0. The number of aliphatic hydroxyl groups is 1. The number of nitrogens with zero attached hydrogens (tertiary/aromatic N) is 2. The van der Waals surface area contributed by atoms with Crippen LogP contribution in [0.5, 0.6) is 5.75 Å². The second-order valence-electron chi connectivity index (χ2n) is 8.77. The van der Waals surface area contributed by atoms with E-state index in [0.29, 0.717) is 25.6 Å². The maximum absolute atomic E-state index is 13.3. The number of rotatable bonds is 9. The van der Waals surface area contributed by atoms with Gasteiger partial charge in [0.25, 0.3) is 0 Å². The van der Waals surface area contributed by atoms with Crippen molar-refractivity contribution in [2.45, 2.75) is 45.3 Å². The van der Waals surface area contributed by atoms with Gasteiger partial charge in [0, 0.05) is 24.5 Å². The van der Waals surface area contributed by atoms with E-state index < -0.39 is 6.10 Å². The molecule has 0 saturated heterocycles. The van der Waals surface area contributed by atoms with E-state index in [1.54, 1.807) is 18.3 Å². The van der Waals surface area contributed by atoms with Crippen molar-refractivity contribution in [3.05, 3.63) is 51.7 Å². The van der Waals surface area contributed by atoms with Crippen LogP contribution in [0.2, 0.25) is 0 Å². The third-order valence-corrected chi connectivity index (χ3v) is 6.90. The van der Waals surface area contributed by atoms with Gasteiger partial charge in [-0.2, -0.15) is 0 Å². The van der Waals surface area contributed by atoms with E-state index in [0.717, 1.165) is 30.8 Å². The summed E-state index contributed by atoms with van der Waals surface area (Å²) in [4.78, 5) is 18.8. The minimum absolute atomic E-state index is 0.0673. The van der Waals surface area contributed by atoms with Gasteiger partial charge in [-0.1, -0.05) is 12.1 Å². The van der Waals surface area contributed by atoms with Crippen LogP contribution in [0.1, 0.15) is 41.8 Å². The summed E-state index contributed by atoms with van der Waals surface area (Å²) >= 11 is 1.77. The summed E-state index contributed by atoms with van der Waals surface area (Å²) in [7, 11) is 0. The number of amides is 1. The molecule has 0 bridgehead atoms. The van der Waals surface area contributed by atoms with Crippen LogP contribution < -0.4 is 4.74 Å². The molecular weight excluding hydrogens is 396 g/mol. The van der Waals surface area contributed by atoms with Gasteiger partial charge in [0.1, 0.15) is 12.4 Å². The number of carbonyl (C=O) groups is 1. The molecule has 0 spiro atoms. The van der Waals surface area contributed by atoms with Gasteiger partial charge in [0.05, 0.1) is 18.7 Å². The summed E-state index contributed by atoms with van der Waals surface area (Å²) in [5.41, 5.74) is 2.38. The molecule has 2 heterocycles. The van der Waals surface area contributed by atoms with Gasteiger partial charge in [-0.25, -0.2) is 0 Å². The monoisotopic (exact) mass is 428 g/mol. The van der Waals surface area contributed by atoms with Gasteiger partial charge in [0.15, 0.2) is 0 Å². The fraction of sp³-hybridized carbons (Fsp3) is 0.542. The molecule has 1 N–H and O–H groups in total. The van der Waals surface area contributed by atoms with Crippen molar-refractivity contribution in [3.63, 3.8) is 0 Å². The SMILES string of the molecule is Cc1cccc(OCC2c3ccsc3CCN2C(=O)CN(CC(C)O)CC2CC2)c1. The van der Waals surface area contributed by atoms with Gasteiger partial charge in [0.2, 0.25) is 5.91 Å². The zero-order valence-corrected chi connectivity index (χ0v) is 18.7. The van der Waals surface area contributed by atoms with Gasteiger partial charge in [-0.05, 0) is 73.7 Å². The molecule has 1 fully saturated rings. The van der Waals surface area contributed by atoms with E-state index in [-0.39, 0.29) is 11.9 Å². The van der Waals surface area contributed by atoms with Gasteiger partial charge >= 0.3 is 0 Å². The summed E-state index contributed by atoms with van der Waals surface area (Å²) in [6.45, 7) is 6.83. The van der Waals surface area contributed by atoms with Crippen LogP contribution >= 0.6 is 11.3 Å². The molecular formula is C24H32N2O3S. The molecule has 4 rings (SSSR count). The molecule has 162 valence electrons. The van der Waals surface area contributed by atoms with Gasteiger partial charge in [-0.3, -0.25) is 9.69 Å². The Hall–Kier alpha value is -1.89. The molecule has 1 aliphatic carbocycles. The highest BCUT2D eigenvalue weighted by atomic mass is 32.1. The topological polar surface area (TPSA) is 53.0 Å². The van der Waals surface area contributed by atoms with Crippen LogP contribution in [0.25, 0.3) is 0 Å². The van der Waals surface area contributed by atoms with Crippen molar-refractivity contribution in [1.29, 1.82) is 0 Å². The fourth-order valence-corrected chi connectivity index (χ4v) is 5.21. The molecule has 6 heteroatoms. The molecule has 1 aromatic heterocycles. The van der Waals surface area contributed by atoms with Crippen molar-refractivity contribution < 1.29 is 14.6 Å². The Morgan fingerprint density at radius 1 is 1.37 bits per heavy atom. The molecule has 30 heavy (non-hydrogen) atoms. The molecule has 2 atom stereocenters. The highest BCUT2D eigenvalue weighted by Gasteiger charge is 2.34. The van der Waals surface area contributed by atoms with Crippen molar-refractivity contribution >= 4 is 17.2 Å². The molecule has 2 aliphatic rings. The van der Waals surface area contributed by atoms with E-state index in [1.165, 1.54) is 23.3 Å². The number of hydrogen-bond donors (Lipinski definition) is 1. The lowest BCUT2D eigenvalue weighted by molar-refractivity contribution is -0.136. The Labute approximate surface area is 183 Å². The standard InChI is InChI=1S/C24H32N2O3S/c1-17-4-3-5-20(12-17)29-16-22-21-9-11-30-23(21)8-10-26(22)24(28)15-25(13-18(2)27)14-19-6-7-19/h3-5,9,11-12,18-19,22,27H,6-8,10,13-16H2,1-2H3. The average Bonchev–Trinajstić information content (AvgIpc) is 3.37.